The number of para-hydroxylation sites is 1. The number of benzene rings is 1. The second-order valence-corrected chi connectivity index (χ2v) is 5.09. The Balaban J connectivity index is 2.07. The van der Waals surface area contributed by atoms with Crippen molar-refractivity contribution >= 4 is 11.4 Å². The molecule has 3 nitrogen and oxygen atoms in total. The van der Waals surface area contributed by atoms with Crippen LogP contribution in [0.1, 0.15) is 39.2 Å². The molecular formula is C15H20N2O. The molecule has 1 aromatic carbocycles. The Kier molecular flexibility index (Phi) is 4.13. The van der Waals surface area contributed by atoms with Gasteiger partial charge in [-0.1, -0.05) is 26.0 Å². The minimum Gasteiger partial charge on any atom is -0.493 e. The van der Waals surface area contributed by atoms with Crippen molar-refractivity contribution in [3.63, 3.8) is 0 Å². The van der Waals surface area contributed by atoms with E-state index in [4.69, 9.17) is 4.74 Å². The Hall–Kier alpha value is -1.64. The van der Waals surface area contributed by atoms with E-state index in [0.29, 0.717) is 5.92 Å². The molecule has 0 bridgehead atoms. The van der Waals surface area contributed by atoms with Gasteiger partial charge in [0.15, 0.2) is 0 Å². The molecule has 1 heterocycles. The Labute approximate surface area is 109 Å². The van der Waals surface area contributed by atoms with Crippen LogP contribution in [-0.2, 0) is 0 Å². The van der Waals surface area contributed by atoms with Crippen LogP contribution in [0, 0.1) is 5.92 Å². The molecule has 0 unspecified atom stereocenters. The minimum absolute atomic E-state index is 0.659. The van der Waals surface area contributed by atoms with Crippen molar-refractivity contribution in [3.05, 3.63) is 29.8 Å². The van der Waals surface area contributed by atoms with Gasteiger partial charge in [-0.3, -0.25) is 0 Å². The standard InChI is InChI=1S/C15H20N2O/c1-11(2)8-9-18-15-7-5-4-6-13(15)14-10-12(3)16-17-14/h4-7,11H,8-10H2,1-3H3. The van der Waals surface area contributed by atoms with Crippen molar-refractivity contribution in [3.8, 4) is 5.75 Å². The van der Waals surface area contributed by atoms with Gasteiger partial charge in [0.05, 0.1) is 12.3 Å². The zero-order chi connectivity index (χ0) is 13.0. The number of hydrogen-bond donors (Lipinski definition) is 0. The summed E-state index contributed by atoms with van der Waals surface area (Å²) in [6.07, 6.45) is 1.89. The van der Waals surface area contributed by atoms with Gasteiger partial charge in [0.1, 0.15) is 5.75 Å². The van der Waals surface area contributed by atoms with Gasteiger partial charge in [-0.2, -0.15) is 10.2 Å². The first-order valence-electron chi connectivity index (χ1n) is 6.49. The summed E-state index contributed by atoms with van der Waals surface area (Å²) in [6, 6.07) is 8.07. The zero-order valence-corrected chi connectivity index (χ0v) is 11.3. The van der Waals surface area contributed by atoms with E-state index in [1.807, 2.05) is 25.1 Å². The lowest BCUT2D eigenvalue weighted by Gasteiger charge is -2.12. The van der Waals surface area contributed by atoms with Crippen molar-refractivity contribution in [2.24, 2.45) is 16.1 Å². The highest BCUT2D eigenvalue weighted by Gasteiger charge is 2.15. The van der Waals surface area contributed by atoms with Gasteiger partial charge in [-0.25, -0.2) is 0 Å². The molecule has 2 rings (SSSR count). The molecule has 0 spiro atoms. The Morgan fingerprint density at radius 3 is 2.67 bits per heavy atom. The SMILES string of the molecule is CC1=NN=C(c2ccccc2OCCC(C)C)C1. The molecule has 0 N–H and O–H groups in total. The molecule has 96 valence electrons. The third kappa shape index (κ3) is 3.19. The smallest absolute Gasteiger partial charge is 0.128 e. The quantitative estimate of drug-likeness (QED) is 0.778. The fraction of sp³-hybridized carbons (Fsp3) is 0.467. The van der Waals surface area contributed by atoms with Crippen LogP contribution in [0.25, 0.3) is 0 Å². The van der Waals surface area contributed by atoms with Gasteiger partial charge in [0, 0.05) is 17.7 Å². The Morgan fingerprint density at radius 1 is 1.22 bits per heavy atom. The second-order valence-electron chi connectivity index (χ2n) is 5.09. The fourth-order valence-electron chi connectivity index (χ4n) is 1.84. The number of nitrogens with zero attached hydrogens (tertiary/aromatic N) is 2. The molecule has 1 aromatic rings. The van der Waals surface area contributed by atoms with E-state index in [2.05, 4.69) is 30.1 Å². The highest BCUT2D eigenvalue weighted by molar-refractivity contribution is 6.15. The molecule has 0 aromatic heterocycles. The molecule has 1 aliphatic heterocycles. The molecule has 0 radical (unpaired) electrons. The van der Waals surface area contributed by atoms with Gasteiger partial charge in [0.25, 0.3) is 0 Å². The summed E-state index contributed by atoms with van der Waals surface area (Å²) in [7, 11) is 0. The molecule has 0 saturated heterocycles. The van der Waals surface area contributed by atoms with Gasteiger partial charge >= 0.3 is 0 Å². The molecule has 0 saturated carbocycles. The van der Waals surface area contributed by atoms with E-state index >= 15 is 0 Å². The van der Waals surface area contributed by atoms with Crippen molar-refractivity contribution in [2.75, 3.05) is 6.61 Å². The maximum atomic E-state index is 5.86. The van der Waals surface area contributed by atoms with Crippen LogP contribution in [0.4, 0.5) is 0 Å². The maximum Gasteiger partial charge on any atom is 0.128 e. The monoisotopic (exact) mass is 244 g/mol. The predicted octanol–water partition coefficient (Wildman–Crippen LogP) is 3.68. The molecular weight excluding hydrogens is 224 g/mol. The van der Waals surface area contributed by atoms with E-state index < -0.39 is 0 Å². The highest BCUT2D eigenvalue weighted by Crippen LogP contribution is 2.23. The van der Waals surface area contributed by atoms with Crippen LogP contribution in [0.5, 0.6) is 5.75 Å². The third-order valence-electron chi connectivity index (χ3n) is 2.92. The number of rotatable bonds is 5. The molecule has 0 fully saturated rings. The van der Waals surface area contributed by atoms with Crippen molar-refractivity contribution in [1.82, 2.24) is 0 Å². The van der Waals surface area contributed by atoms with Gasteiger partial charge < -0.3 is 4.74 Å². The van der Waals surface area contributed by atoms with Crippen LogP contribution in [-0.4, -0.2) is 18.0 Å². The van der Waals surface area contributed by atoms with Crippen molar-refractivity contribution in [1.29, 1.82) is 0 Å². The highest BCUT2D eigenvalue weighted by atomic mass is 16.5. The second kappa shape index (κ2) is 5.80. The molecule has 0 atom stereocenters. The van der Waals surface area contributed by atoms with Gasteiger partial charge in [0.2, 0.25) is 0 Å². The molecule has 3 heteroatoms. The number of ether oxygens (including phenoxy) is 1. The Bertz CT molecular complexity index is 475. The average molecular weight is 244 g/mol. The van der Waals surface area contributed by atoms with Gasteiger partial charge in [-0.15, -0.1) is 0 Å². The molecule has 0 aliphatic carbocycles. The summed E-state index contributed by atoms with van der Waals surface area (Å²) in [5, 5.41) is 8.31. The number of hydrogen-bond acceptors (Lipinski definition) is 3. The minimum atomic E-state index is 0.659. The summed E-state index contributed by atoms with van der Waals surface area (Å²) in [4.78, 5) is 0. The van der Waals surface area contributed by atoms with E-state index in [1.165, 1.54) is 0 Å². The first kappa shape index (κ1) is 12.8. The first-order valence-corrected chi connectivity index (χ1v) is 6.49. The van der Waals surface area contributed by atoms with E-state index in [1.54, 1.807) is 0 Å². The van der Waals surface area contributed by atoms with E-state index in [9.17, 15) is 0 Å². The van der Waals surface area contributed by atoms with Crippen molar-refractivity contribution in [2.45, 2.75) is 33.6 Å². The first-order chi connectivity index (χ1) is 8.66. The van der Waals surface area contributed by atoms with Crippen LogP contribution >= 0.6 is 0 Å². The third-order valence-corrected chi connectivity index (χ3v) is 2.92. The van der Waals surface area contributed by atoms with Crippen LogP contribution < -0.4 is 4.74 Å². The summed E-state index contributed by atoms with van der Waals surface area (Å²) in [6.45, 7) is 7.15. The Morgan fingerprint density at radius 2 is 2.00 bits per heavy atom. The van der Waals surface area contributed by atoms with E-state index in [-0.39, 0.29) is 0 Å². The zero-order valence-electron chi connectivity index (χ0n) is 11.3. The molecule has 0 amide bonds. The summed E-state index contributed by atoms with van der Waals surface area (Å²) >= 11 is 0. The average Bonchev–Trinajstić information content (AvgIpc) is 2.76. The largest absolute Gasteiger partial charge is 0.493 e. The molecule has 18 heavy (non-hydrogen) atoms. The molecule has 1 aliphatic rings. The summed E-state index contributed by atoms with van der Waals surface area (Å²) in [5.41, 5.74) is 3.14. The van der Waals surface area contributed by atoms with Crippen LogP contribution in [0.2, 0.25) is 0 Å². The predicted molar refractivity (Wildman–Crippen MR) is 75.7 cm³/mol. The van der Waals surface area contributed by atoms with Crippen LogP contribution in [0.15, 0.2) is 34.5 Å². The van der Waals surface area contributed by atoms with Crippen molar-refractivity contribution < 1.29 is 4.74 Å². The normalized spacial score (nSPS) is 14.7. The lowest BCUT2D eigenvalue weighted by atomic mass is 10.0. The summed E-state index contributed by atoms with van der Waals surface area (Å²) < 4.78 is 5.86. The lowest BCUT2D eigenvalue weighted by molar-refractivity contribution is 0.289. The van der Waals surface area contributed by atoms with Crippen LogP contribution in [0.3, 0.4) is 0 Å². The summed E-state index contributed by atoms with van der Waals surface area (Å²) in [5.74, 6) is 1.58. The topological polar surface area (TPSA) is 34.0 Å². The van der Waals surface area contributed by atoms with Gasteiger partial charge in [-0.05, 0) is 31.4 Å². The van der Waals surface area contributed by atoms with E-state index in [0.717, 1.165) is 42.2 Å². The lowest BCUT2D eigenvalue weighted by Crippen LogP contribution is -2.07. The fourth-order valence-corrected chi connectivity index (χ4v) is 1.84. The maximum absolute atomic E-state index is 5.86.